The third-order valence-electron chi connectivity index (χ3n) is 4.79. The number of rotatable bonds is 7. The predicted molar refractivity (Wildman–Crippen MR) is 100 cm³/mol. The summed E-state index contributed by atoms with van der Waals surface area (Å²) in [5.74, 6) is -0.198. The smallest absolute Gasteiger partial charge is 0.123 e. The molecule has 1 N–H and O–H groups in total. The molecule has 25 heavy (non-hydrogen) atoms. The molecule has 0 saturated carbocycles. The van der Waals surface area contributed by atoms with Gasteiger partial charge in [-0.2, -0.15) is 5.26 Å². The number of nitriles is 1. The highest BCUT2D eigenvalue weighted by molar-refractivity contribution is 5.49. The van der Waals surface area contributed by atoms with Crippen molar-refractivity contribution in [2.45, 2.75) is 46.1 Å². The second-order valence-corrected chi connectivity index (χ2v) is 6.67. The van der Waals surface area contributed by atoms with Crippen molar-refractivity contribution in [3.8, 4) is 6.07 Å². The fourth-order valence-electron chi connectivity index (χ4n) is 3.28. The zero-order valence-electron chi connectivity index (χ0n) is 15.5. The van der Waals surface area contributed by atoms with Gasteiger partial charge in [0.2, 0.25) is 0 Å². The Kier molecular flexibility index (Phi) is 7.21. The summed E-state index contributed by atoms with van der Waals surface area (Å²) in [7, 11) is 1.89. The summed E-state index contributed by atoms with van der Waals surface area (Å²) in [6, 6.07) is 9.19. The van der Waals surface area contributed by atoms with Gasteiger partial charge in [-0.05, 0) is 49.5 Å². The minimum Gasteiger partial charge on any atom is -0.390 e. The number of unbranched alkanes of at least 4 members (excludes halogenated alkanes) is 1. The molecule has 0 amide bonds. The van der Waals surface area contributed by atoms with Gasteiger partial charge in [0.1, 0.15) is 11.9 Å². The largest absolute Gasteiger partial charge is 0.390 e. The second-order valence-electron chi connectivity index (χ2n) is 6.67. The summed E-state index contributed by atoms with van der Waals surface area (Å²) in [6.07, 6.45) is 4.02. The molecule has 0 fully saturated rings. The Bertz CT molecular complexity index is 697. The lowest BCUT2D eigenvalue weighted by Crippen LogP contribution is -2.32. The Balaban J connectivity index is 2.21. The number of hydrogen-bond donors (Lipinski definition) is 1. The topological polar surface area (TPSA) is 39.1 Å². The molecule has 0 spiro atoms. The normalized spacial score (nSPS) is 16.4. The lowest BCUT2D eigenvalue weighted by molar-refractivity contribution is 0.278. The standard InChI is InChI=1S/C21H28FN3/c1-4-5-9-21(24-3)19(13-23)20-15-25(11-10-16(20)2)14-17-7-6-8-18(22)12-17/h6-8,12,24H,4-5,9-11,14-15H2,1-3H3/b21-19+. The molecule has 1 aliphatic rings. The van der Waals surface area contributed by atoms with Crippen molar-refractivity contribution in [2.75, 3.05) is 20.1 Å². The number of benzene rings is 1. The zero-order chi connectivity index (χ0) is 18.2. The first-order valence-corrected chi connectivity index (χ1v) is 9.05. The van der Waals surface area contributed by atoms with Crippen LogP contribution in [0.2, 0.25) is 0 Å². The predicted octanol–water partition coefficient (Wildman–Crippen LogP) is 4.54. The van der Waals surface area contributed by atoms with Crippen molar-refractivity contribution in [1.82, 2.24) is 10.2 Å². The van der Waals surface area contributed by atoms with Crippen molar-refractivity contribution in [3.05, 3.63) is 58.1 Å². The Morgan fingerprint density at radius 2 is 2.20 bits per heavy atom. The van der Waals surface area contributed by atoms with Gasteiger partial charge in [-0.1, -0.05) is 31.1 Å². The minimum atomic E-state index is -0.198. The monoisotopic (exact) mass is 341 g/mol. The summed E-state index contributed by atoms with van der Waals surface area (Å²) in [5, 5.41) is 13.0. The second kappa shape index (κ2) is 9.39. The molecule has 1 aromatic carbocycles. The molecular formula is C21H28FN3. The number of halogens is 1. The molecule has 1 heterocycles. The third kappa shape index (κ3) is 5.17. The molecule has 1 aromatic rings. The van der Waals surface area contributed by atoms with Gasteiger partial charge in [0.15, 0.2) is 0 Å². The number of hydrogen-bond acceptors (Lipinski definition) is 3. The van der Waals surface area contributed by atoms with Crippen molar-refractivity contribution in [2.24, 2.45) is 0 Å². The first-order valence-electron chi connectivity index (χ1n) is 9.05. The number of nitrogens with zero attached hydrogens (tertiary/aromatic N) is 2. The molecule has 0 radical (unpaired) electrons. The van der Waals surface area contributed by atoms with Crippen LogP contribution in [0.3, 0.4) is 0 Å². The summed E-state index contributed by atoms with van der Waals surface area (Å²) >= 11 is 0. The number of allylic oxidation sites excluding steroid dienone is 1. The zero-order valence-corrected chi connectivity index (χ0v) is 15.5. The van der Waals surface area contributed by atoms with E-state index in [2.05, 4.69) is 30.1 Å². The van der Waals surface area contributed by atoms with Gasteiger partial charge in [-0.25, -0.2) is 4.39 Å². The van der Waals surface area contributed by atoms with Crippen molar-refractivity contribution < 1.29 is 4.39 Å². The van der Waals surface area contributed by atoms with Crippen molar-refractivity contribution in [1.29, 1.82) is 5.26 Å². The fraction of sp³-hybridized carbons (Fsp3) is 0.476. The summed E-state index contributed by atoms with van der Waals surface area (Å²) < 4.78 is 13.4. The van der Waals surface area contributed by atoms with Gasteiger partial charge in [-0.15, -0.1) is 0 Å². The van der Waals surface area contributed by atoms with Crippen LogP contribution < -0.4 is 5.32 Å². The van der Waals surface area contributed by atoms with Gasteiger partial charge >= 0.3 is 0 Å². The molecule has 0 saturated heterocycles. The van der Waals surface area contributed by atoms with Gasteiger partial charge in [0, 0.05) is 32.4 Å². The maximum atomic E-state index is 13.4. The molecule has 0 unspecified atom stereocenters. The first-order chi connectivity index (χ1) is 12.1. The van der Waals surface area contributed by atoms with Crippen LogP contribution in [0.15, 0.2) is 46.7 Å². The Morgan fingerprint density at radius 1 is 1.40 bits per heavy atom. The van der Waals surface area contributed by atoms with Crippen molar-refractivity contribution in [3.63, 3.8) is 0 Å². The van der Waals surface area contributed by atoms with Gasteiger partial charge in [0.25, 0.3) is 0 Å². The first kappa shape index (κ1) is 19.2. The molecule has 4 heteroatoms. The van der Waals surface area contributed by atoms with E-state index < -0.39 is 0 Å². The summed E-state index contributed by atoms with van der Waals surface area (Å²) in [5.41, 5.74) is 5.21. The van der Waals surface area contributed by atoms with E-state index in [1.165, 1.54) is 11.6 Å². The van der Waals surface area contributed by atoms with Crippen LogP contribution in [0.5, 0.6) is 0 Å². The molecule has 2 rings (SSSR count). The number of nitrogens with one attached hydrogen (secondary N) is 1. The quantitative estimate of drug-likeness (QED) is 0.740. The molecule has 1 aliphatic heterocycles. The van der Waals surface area contributed by atoms with Crippen LogP contribution in [0.1, 0.15) is 45.1 Å². The van der Waals surface area contributed by atoms with Gasteiger partial charge in [0.05, 0.1) is 5.57 Å². The highest BCUT2D eigenvalue weighted by Gasteiger charge is 2.21. The van der Waals surface area contributed by atoms with Gasteiger partial charge < -0.3 is 5.32 Å². The molecule has 0 aliphatic carbocycles. The maximum absolute atomic E-state index is 13.4. The lowest BCUT2D eigenvalue weighted by atomic mass is 9.92. The maximum Gasteiger partial charge on any atom is 0.123 e. The molecule has 0 aromatic heterocycles. The van der Waals surface area contributed by atoms with Crippen LogP contribution in [0, 0.1) is 17.1 Å². The van der Waals surface area contributed by atoms with Crippen LogP contribution in [-0.4, -0.2) is 25.0 Å². The molecule has 0 atom stereocenters. The molecule has 3 nitrogen and oxygen atoms in total. The highest BCUT2D eigenvalue weighted by atomic mass is 19.1. The molecular weight excluding hydrogens is 313 g/mol. The van der Waals surface area contributed by atoms with E-state index in [0.29, 0.717) is 6.54 Å². The highest BCUT2D eigenvalue weighted by Crippen LogP contribution is 2.27. The molecule has 0 bridgehead atoms. The van der Waals surface area contributed by atoms with Crippen LogP contribution in [0.4, 0.5) is 4.39 Å². The average Bonchev–Trinajstić information content (AvgIpc) is 2.61. The summed E-state index contributed by atoms with van der Waals surface area (Å²) in [6.45, 7) is 6.67. The Labute approximate surface area is 150 Å². The van der Waals surface area contributed by atoms with E-state index in [0.717, 1.165) is 61.2 Å². The molecule has 134 valence electrons. The van der Waals surface area contributed by atoms with Crippen LogP contribution >= 0.6 is 0 Å². The SMILES string of the molecule is CCCC/C(NC)=C(/C#N)C1=C(C)CCN(Cc2cccc(F)c2)C1. The lowest BCUT2D eigenvalue weighted by Gasteiger charge is -2.30. The fourth-order valence-corrected chi connectivity index (χ4v) is 3.28. The van der Waals surface area contributed by atoms with E-state index in [1.54, 1.807) is 12.1 Å². The Morgan fingerprint density at radius 3 is 2.84 bits per heavy atom. The summed E-state index contributed by atoms with van der Waals surface area (Å²) in [4.78, 5) is 2.29. The average molecular weight is 341 g/mol. The van der Waals surface area contributed by atoms with Crippen LogP contribution in [-0.2, 0) is 6.54 Å². The van der Waals surface area contributed by atoms with E-state index in [-0.39, 0.29) is 5.82 Å². The Hall–Kier alpha value is -2.12. The minimum absolute atomic E-state index is 0.198. The van der Waals surface area contributed by atoms with Crippen LogP contribution in [0.25, 0.3) is 0 Å². The van der Waals surface area contributed by atoms with E-state index in [4.69, 9.17) is 0 Å². The van der Waals surface area contributed by atoms with E-state index >= 15 is 0 Å². The van der Waals surface area contributed by atoms with E-state index in [9.17, 15) is 9.65 Å². The van der Waals surface area contributed by atoms with Gasteiger partial charge in [-0.3, -0.25) is 4.90 Å². The van der Waals surface area contributed by atoms with Crippen molar-refractivity contribution >= 4 is 0 Å². The van der Waals surface area contributed by atoms with E-state index in [1.807, 2.05) is 13.1 Å². The third-order valence-corrected chi connectivity index (χ3v) is 4.79.